The van der Waals surface area contributed by atoms with Gasteiger partial charge in [0, 0.05) is 34.0 Å². The number of hydrogen-bond donors (Lipinski definition) is 2. The molecule has 0 atom stereocenters. The van der Waals surface area contributed by atoms with Crippen LogP contribution in [0.3, 0.4) is 0 Å². The van der Waals surface area contributed by atoms with E-state index < -0.39 is 6.09 Å². The van der Waals surface area contributed by atoms with Gasteiger partial charge in [-0.2, -0.15) is 0 Å². The maximum atomic E-state index is 12.3. The molecular weight excluding hydrogens is 452 g/mol. The Morgan fingerprint density at radius 3 is 2.48 bits per heavy atom. The maximum absolute atomic E-state index is 12.3. The predicted molar refractivity (Wildman–Crippen MR) is 128 cm³/mol. The van der Waals surface area contributed by atoms with Crippen LogP contribution >= 0.6 is 15.9 Å². The molecule has 2 N–H and O–H groups in total. The van der Waals surface area contributed by atoms with Crippen molar-refractivity contribution in [2.75, 3.05) is 13.2 Å². The van der Waals surface area contributed by atoms with E-state index >= 15 is 0 Å². The summed E-state index contributed by atoms with van der Waals surface area (Å²) in [6.07, 6.45) is 5.47. The Hall–Kier alpha value is -3.31. The molecule has 5 heteroatoms. The number of nitrogens with one attached hydrogen (secondary N) is 2. The monoisotopic (exact) mass is 472 g/mol. The van der Waals surface area contributed by atoms with E-state index in [4.69, 9.17) is 4.74 Å². The van der Waals surface area contributed by atoms with Gasteiger partial charge in [-0.3, -0.25) is 0 Å². The Morgan fingerprint density at radius 1 is 1.03 bits per heavy atom. The number of aromatic nitrogens is 1. The van der Waals surface area contributed by atoms with Crippen LogP contribution < -0.4 is 5.32 Å². The second-order valence-corrected chi connectivity index (χ2v) is 8.46. The van der Waals surface area contributed by atoms with E-state index in [1.807, 2.05) is 54.7 Å². The Labute approximate surface area is 189 Å². The molecule has 0 saturated heterocycles. The number of hydrogen-bond acceptors (Lipinski definition) is 2. The van der Waals surface area contributed by atoms with Crippen molar-refractivity contribution in [1.29, 1.82) is 0 Å². The van der Waals surface area contributed by atoms with Crippen molar-refractivity contribution in [3.8, 4) is 11.1 Å². The third-order valence-corrected chi connectivity index (χ3v) is 6.17. The number of aromatic amines is 1. The normalized spacial score (nSPS) is 12.8. The van der Waals surface area contributed by atoms with Crippen molar-refractivity contribution in [2.24, 2.45) is 0 Å². The molecule has 1 aromatic heterocycles. The fourth-order valence-electron chi connectivity index (χ4n) is 4.24. The van der Waals surface area contributed by atoms with E-state index in [0.717, 1.165) is 20.9 Å². The zero-order valence-corrected chi connectivity index (χ0v) is 18.4. The van der Waals surface area contributed by atoms with Crippen molar-refractivity contribution in [3.63, 3.8) is 0 Å². The lowest BCUT2D eigenvalue weighted by molar-refractivity contribution is 0.144. The molecular formula is C26H21BrN2O2. The molecule has 0 radical (unpaired) electrons. The van der Waals surface area contributed by atoms with Gasteiger partial charge in [0.2, 0.25) is 0 Å². The summed E-state index contributed by atoms with van der Waals surface area (Å²) >= 11 is 3.48. The largest absolute Gasteiger partial charge is 0.449 e. The summed E-state index contributed by atoms with van der Waals surface area (Å²) in [4.78, 5) is 15.5. The van der Waals surface area contributed by atoms with Gasteiger partial charge >= 0.3 is 6.09 Å². The Bertz CT molecular complexity index is 1250. The highest BCUT2D eigenvalue weighted by atomic mass is 79.9. The van der Waals surface area contributed by atoms with Crippen LogP contribution in [0.2, 0.25) is 0 Å². The van der Waals surface area contributed by atoms with Crippen LogP contribution in [0.25, 0.3) is 28.1 Å². The number of H-pyrrole nitrogens is 1. The Kier molecular flexibility index (Phi) is 5.35. The standard InChI is InChI=1S/C26H21BrN2O2/c27-18-11-12-19-17(15-29-25(19)14-18)6-5-13-28-26(30)31-16-24-22-9-3-1-7-20(22)21-8-2-4-10-23(21)24/h1-12,14-15,24,29H,13,16H2,(H,28,30). The minimum atomic E-state index is -0.408. The topological polar surface area (TPSA) is 54.1 Å². The van der Waals surface area contributed by atoms with Gasteiger partial charge in [0.25, 0.3) is 0 Å². The fourth-order valence-corrected chi connectivity index (χ4v) is 4.60. The van der Waals surface area contributed by atoms with Crippen LogP contribution in [0, 0.1) is 0 Å². The predicted octanol–water partition coefficient (Wildman–Crippen LogP) is 6.48. The van der Waals surface area contributed by atoms with Crippen LogP contribution in [0.5, 0.6) is 0 Å². The second kappa shape index (κ2) is 8.44. The van der Waals surface area contributed by atoms with E-state index in [-0.39, 0.29) is 5.92 Å². The molecule has 5 rings (SSSR count). The van der Waals surface area contributed by atoms with Crippen molar-refractivity contribution in [3.05, 3.63) is 100 Å². The first-order valence-electron chi connectivity index (χ1n) is 10.2. The molecule has 3 aromatic carbocycles. The molecule has 1 heterocycles. The summed E-state index contributed by atoms with van der Waals surface area (Å²) in [5.74, 6) is 0.0687. The number of fused-ring (bicyclic) bond motifs is 4. The SMILES string of the molecule is O=C(NCC=Cc1c[nH]c2cc(Br)ccc12)OCC1c2ccccc2-c2ccccc21. The van der Waals surface area contributed by atoms with Gasteiger partial charge in [0.05, 0.1) is 0 Å². The van der Waals surface area contributed by atoms with Gasteiger partial charge in [0.15, 0.2) is 0 Å². The van der Waals surface area contributed by atoms with Crippen LogP contribution in [-0.2, 0) is 4.74 Å². The lowest BCUT2D eigenvalue weighted by Gasteiger charge is -2.14. The average Bonchev–Trinajstić information content (AvgIpc) is 3.34. The second-order valence-electron chi connectivity index (χ2n) is 7.54. The Balaban J connectivity index is 1.19. The summed E-state index contributed by atoms with van der Waals surface area (Å²) in [7, 11) is 0. The van der Waals surface area contributed by atoms with E-state index in [0.29, 0.717) is 13.2 Å². The molecule has 0 bridgehead atoms. The summed E-state index contributed by atoms with van der Waals surface area (Å²) < 4.78 is 6.60. The van der Waals surface area contributed by atoms with Gasteiger partial charge in [-0.05, 0) is 39.9 Å². The molecule has 154 valence electrons. The van der Waals surface area contributed by atoms with Crippen molar-refractivity contribution < 1.29 is 9.53 Å². The minimum absolute atomic E-state index is 0.0687. The average molecular weight is 473 g/mol. The third-order valence-electron chi connectivity index (χ3n) is 5.68. The number of benzene rings is 3. The Morgan fingerprint density at radius 2 is 1.74 bits per heavy atom. The lowest BCUT2D eigenvalue weighted by Crippen LogP contribution is -2.26. The van der Waals surface area contributed by atoms with Gasteiger partial charge in [-0.25, -0.2) is 4.79 Å². The zero-order chi connectivity index (χ0) is 21.2. The number of rotatable bonds is 5. The van der Waals surface area contributed by atoms with Crippen molar-refractivity contribution in [1.82, 2.24) is 10.3 Å². The van der Waals surface area contributed by atoms with Gasteiger partial charge in [-0.15, -0.1) is 0 Å². The summed E-state index contributed by atoms with van der Waals surface area (Å²) in [5.41, 5.74) is 7.02. The molecule has 0 unspecified atom stereocenters. The summed E-state index contributed by atoms with van der Waals surface area (Å²) in [5, 5.41) is 3.95. The highest BCUT2D eigenvalue weighted by Gasteiger charge is 2.28. The molecule has 31 heavy (non-hydrogen) atoms. The molecule has 1 amide bonds. The van der Waals surface area contributed by atoms with E-state index in [1.165, 1.54) is 22.3 Å². The van der Waals surface area contributed by atoms with Crippen LogP contribution in [0.1, 0.15) is 22.6 Å². The first-order valence-corrected chi connectivity index (χ1v) is 11.0. The molecule has 0 aliphatic heterocycles. The van der Waals surface area contributed by atoms with E-state index in [2.05, 4.69) is 56.6 Å². The molecule has 1 aliphatic carbocycles. The van der Waals surface area contributed by atoms with E-state index in [1.54, 1.807) is 0 Å². The molecule has 4 nitrogen and oxygen atoms in total. The number of amides is 1. The number of carbonyl (C=O) groups excluding carboxylic acids is 1. The third kappa shape index (κ3) is 3.89. The number of alkyl carbamates (subject to hydrolysis) is 1. The van der Waals surface area contributed by atoms with Gasteiger partial charge < -0.3 is 15.0 Å². The molecule has 0 saturated carbocycles. The van der Waals surface area contributed by atoms with Crippen molar-refractivity contribution in [2.45, 2.75) is 5.92 Å². The van der Waals surface area contributed by atoms with Crippen LogP contribution in [0.4, 0.5) is 4.79 Å². The number of carbonyl (C=O) groups is 1. The fraction of sp³-hybridized carbons (Fsp3) is 0.115. The summed E-state index contributed by atoms with van der Waals surface area (Å²) in [6.45, 7) is 0.723. The zero-order valence-electron chi connectivity index (χ0n) is 16.8. The van der Waals surface area contributed by atoms with Crippen LogP contribution in [0.15, 0.2) is 83.5 Å². The summed E-state index contributed by atoms with van der Waals surface area (Å²) in [6, 6.07) is 22.8. The highest BCUT2D eigenvalue weighted by Crippen LogP contribution is 2.44. The van der Waals surface area contributed by atoms with Gasteiger partial charge in [0.1, 0.15) is 6.61 Å². The smallest absolute Gasteiger partial charge is 0.407 e. The first-order chi connectivity index (χ1) is 15.2. The molecule has 1 aliphatic rings. The first kappa shape index (κ1) is 19.6. The molecule has 4 aromatic rings. The van der Waals surface area contributed by atoms with E-state index in [9.17, 15) is 4.79 Å². The van der Waals surface area contributed by atoms with Crippen LogP contribution in [-0.4, -0.2) is 24.2 Å². The molecule has 0 fully saturated rings. The maximum Gasteiger partial charge on any atom is 0.407 e. The van der Waals surface area contributed by atoms with Crippen molar-refractivity contribution >= 4 is 39.0 Å². The number of ether oxygens (including phenoxy) is 1. The number of halogens is 1. The molecule has 0 spiro atoms. The highest BCUT2D eigenvalue weighted by molar-refractivity contribution is 9.10. The lowest BCUT2D eigenvalue weighted by atomic mass is 9.98. The quantitative estimate of drug-likeness (QED) is 0.349. The van der Waals surface area contributed by atoms with Gasteiger partial charge in [-0.1, -0.05) is 82.7 Å². The minimum Gasteiger partial charge on any atom is -0.449 e.